The normalized spacial score (nSPS) is 15.3. The zero-order valence-corrected chi connectivity index (χ0v) is 9.19. The van der Waals surface area contributed by atoms with Crippen molar-refractivity contribution >= 4 is 5.82 Å². The van der Waals surface area contributed by atoms with Crippen molar-refractivity contribution in [1.29, 1.82) is 0 Å². The molecule has 1 aliphatic rings. The quantitative estimate of drug-likeness (QED) is 0.800. The molecule has 0 aromatic carbocycles. The van der Waals surface area contributed by atoms with Crippen molar-refractivity contribution in [1.82, 2.24) is 4.98 Å². The molecular formula is C12H18N2O. The van der Waals surface area contributed by atoms with Crippen LogP contribution in [0.2, 0.25) is 0 Å². The Hall–Kier alpha value is -1.09. The topological polar surface area (TPSA) is 36.4 Å². The predicted molar refractivity (Wildman–Crippen MR) is 60.8 cm³/mol. The van der Waals surface area contributed by atoms with Crippen molar-refractivity contribution < 1.29 is 5.11 Å². The molecule has 0 spiro atoms. The van der Waals surface area contributed by atoms with Crippen LogP contribution in [0.15, 0.2) is 18.3 Å². The zero-order chi connectivity index (χ0) is 10.7. The van der Waals surface area contributed by atoms with E-state index in [0.29, 0.717) is 6.04 Å². The maximum atomic E-state index is 9.08. The lowest BCUT2D eigenvalue weighted by Crippen LogP contribution is -2.27. The fraction of sp³-hybridized carbons (Fsp3) is 0.583. The summed E-state index contributed by atoms with van der Waals surface area (Å²) >= 11 is 0. The number of rotatable bonds is 5. The summed E-state index contributed by atoms with van der Waals surface area (Å²) in [6.07, 6.45) is 5.49. The minimum atomic E-state index is 0.0974. The molecule has 0 radical (unpaired) electrons. The number of hydrogen-bond acceptors (Lipinski definition) is 3. The first-order chi connectivity index (χ1) is 7.35. The second-order valence-corrected chi connectivity index (χ2v) is 4.10. The number of hydrogen-bond donors (Lipinski definition) is 1. The van der Waals surface area contributed by atoms with Crippen molar-refractivity contribution in [2.24, 2.45) is 0 Å². The first-order valence-corrected chi connectivity index (χ1v) is 5.67. The average Bonchev–Trinajstić information content (AvgIpc) is 3.10. The summed E-state index contributed by atoms with van der Waals surface area (Å²) in [4.78, 5) is 6.74. The van der Waals surface area contributed by atoms with E-state index >= 15 is 0 Å². The molecular weight excluding hydrogens is 188 g/mol. The second-order valence-electron chi connectivity index (χ2n) is 4.10. The van der Waals surface area contributed by atoms with E-state index in [1.165, 1.54) is 12.8 Å². The molecule has 0 atom stereocenters. The van der Waals surface area contributed by atoms with Crippen molar-refractivity contribution in [3.8, 4) is 0 Å². The third-order valence-electron chi connectivity index (χ3n) is 2.74. The van der Waals surface area contributed by atoms with Gasteiger partial charge >= 0.3 is 0 Å². The molecule has 15 heavy (non-hydrogen) atoms. The van der Waals surface area contributed by atoms with Gasteiger partial charge in [-0.2, -0.15) is 0 Å². The number of aromatic nitrogens is 1. The maximum absolute atomic E-state index is 9.08. The highest BCUT2D eigenvalue weighted by Crippen LogP contribution is 2.30. The van der Waals surface area contributed by atoms with Gasteiger partial charge in [-0.05, 0) is 37.0 Å². The van der Waals surface area contributed by atoms with Gasteiger partial charge in [0.05, 0.1) is 6.61 Å². The Labute approximate surface area is 90.8 Å². The van der Waals surface area contributed by atoms with Crippen LogP contribution in [0.5, 0.6) is 0 Å². The summed E-state index contributed by atoms with van der Waals surface area (Å²) < 4.78 is 0. The van der Waals surface area contributed by atoms with E-state index in [0.717, 1.165) is 24.3 Å². The van der Waals surface area contributed by atoms with Crippen LogP contribution in [-0.2, 0) is 6.61 Å². The molecule has 0 saturated heterocycles. The van der Waals surface area contributed by atoms with Crippen LogP contribution >= 0.6 is 0 Å². The van der Waals surface area contributed by atoms with E-state index in [1.807, 2.05) is 12.1 Å². The Bertz CT molecular complexity index is 323. The number of anilines is 1. The van der Waals surface area contributed by atoms with Crippen LogP contribution in [0, 0.1) is 0 Å². The van der Waals surface area contributed by atoms with Gasteiger partial charge in [0.25, 0.3) is 0 Å². The van der Waals surface area contributed by atoms with Gasteiger partial charge in [-0.15, -0.1) is 0 Å². The van der Waals surface area contributed by atoms with E-state index in [1.54, 1.807) is 6.20 Å². The largest absolute Gasteiger partial charge is 0.392 e. The van der Waals surface area contributed by atoms with Gasteiger partial charge in [0.2, 0.25) is 0 Å². The van der Waals surface area contributed by atoms with Crippen LogP contribution in [0.4, 0.5) is 5.82 Å². The van der Waals surface area contributed by atoms with Gasteiger partial charge in [0, 0.05) is 18.8 Å². The highest BCUT2D eigenvalue weighted by atomic mass is 16.3. The highest BCUT2D eigenvalue weighted by molar-refractivity contribution is 5.43. The molecule has 1 heterocycles. The Kier molecular flexibility index (Phi) is 3.21. The number of aliphatic hydroxyl groups excluding tert-OH is 1. The van der Waals surface area contributed by atoms with Crippen molar-refractivity contribution in [2.75, 3.05) is 11.4 Å². The molecule has 1 aromatic heterocycles. The summed E-state index contributed by atoms with van der Waals surface area (Å²) in [5.41, 5.74) is 0.946. The Morgan fingerprint density at radius 2 is 2.33 bits per heavy atom. The fourth-order valence-electron chi connectivity index (χ4n) is 1.83. The van der Waals surface area contributed by atoms with Gasteiger partial charge in [-0.3, -0.25) is 0 Å². The summed E-state index contributed by atoms with van der Waals surface area (Å²) in [6.45, 7) is 3.35. The van der Waals surface area contributed by atoms with Gasteiger partial charge in [0.15, 0.2) is 0 Å². The molecule has 1 saturated carbocycles. The number of nitrogens with zero attached hydrogens (tertiary/aromatic N) is 2. The third-order valence-corrected chi connectivity index (χ3v) is 2.74. The smallest absolute Gasteiger partial charge is 0.129 e. The van der Waals surface area contributed by atoms with E-state index < -0.39 is 0 Å². The minimum absolute atomic E-state index is 0.0974. The summed E-state index contributed by atoms with van der Waals surface area (Å²) in [7, 11) is 0. The highest BCUT2D eigenvalue weighted by Gasteiger charge is 2.29. The Morgan fingerprint density at radius 1 is 1.53 bits per heavy atom. The third kappa shape index (κ3) is 2.48. The first-order valence-electron chi connectivity index (χ1n) is 5.67. The molecule has 0 aliphatic heterocycles. The molecule has 3 heteroatoms. The molecule has 1 aliphatic carbocycles. The van der Waals surface area contributed by atoms with Gasteiger partial charge in [0.1, 0.15) is 5.82 Å². The van der Waals surface area contributed by atoms with Crippen LogP contribution in [-0.4, -0.2) is 22.7 Å². The fourth-order valence-corrected chi connectivity index (χ4v) is 1.83. The first kappa shape index (κ1) is 10.4. The molecule has 0 amide bonds. The molecule has 2 rings (SSSR count). The lowest BCUT2D eigenvalue weighted by atomic mass is 10.2. The molecule has 1 N–H and O–H groups in total. The van der Waals surface area contributed by atoms with Crippen LogP contribution < -0.4 is 4.90 Å². The van der Waals surface area contributed by atoms with Gasteiger partial charge < -0.3 is 10.0 Å². The lowest BCUT2D eigenvalue weighted by molar-refractivity contribution is 0.281. The standard InChI is InChI=1S/C12H18N2O/c1-2-7-14(11-3-4-11)12-8-10(9-15)5-6-13-12/h5-6,8,11,15H,2-4,7,9H2,1H3. The summed E-state index contributed by atoms with van der Waals surface area (Å²) in [5, 5.41) is 9.08. The lowest BCUT2D eigenvalue weighted by Gasteiger charge is -2.23. The number of aliphatic hydroxyl groups is 1. The monoisotopic (exact) mass is 206 g/mol. The molecule has 1 fully saturated rings. The molecule has 3 nitrogen and oxygen atoms in total. The SMILES string of the molecule is CCCN(c1cc(CO)ccn1)C1CC1. The maximum Gasteiger partial charge on any atom is 0.129 e. The summed E-state index contributed by atoms with van der Waals surface area (Å²) in [5.74, 6) is 1.02. The van der Waals surface area contributed by atoms with E-state index in [2.05, 4.69) is 16.8 Å². The summed E-state index contributed by atoms with van der Waals surface area (Å²) in [6, 6.07) is 4.54. The van der Waals surface area contributed by atoms with Crippen LogP contribution in [0.1, 0.15) is 31.7 Å². The second kappa shape index (κ2) is 4.62. The van der Waals surface area contributed by atoms with E-state index in [9.17, 15) is 0 Å². The van der Waals surface area contributed by atoms with Gasteiger partial charge in [-0.1, -0.05) is 6.92 Å². The van der Waals surface area contributed by atoms with Crippen LogP contribution in [0.3, 0.4) is 0 Å². The van der Waals surface area contributed by atoms with Crippen LogP contribution in [0.25, 0.3) is 0 Å². The minimum Gasteiger partial charge on any atom is -0.392 e. The number of pyridine rings is 1. The van der Waals surface area contributed by atoms with E-state index in [4.69, 9.17) is 5.11 Å². The molecule has 82 valence electrons. The van der Waals surface area contributed by atoms with E-state index in [-0.39, 0.29) is 6.61 Å². The van der Waals surface area contributed by atoms with Crippen molar-refractivity contribution in [3.63, 3.8) is 0 Å². The Balaban J connectivity index is 2.16. The predicted octanol–water partition coefficient (Wildman–Crippen LogP) is 1.95. The molecule has 0 unspecified atom stereocenters. The Morgan fingerprint density at radius 3 is 2.93 bits per heavy atom. The molecule has 1 aromatic rings. The van der Waals surface area contributed by atoms with Crippen molar-refractivity contribution in [3.05, 3.63) is 23.9 Å². The average molecular weight is 206 g/mol. The molecule has 0 bridgehead atoms. The van der Waals surface area contributed by atoms with Gasteiger partial charge in [-0.25, -0.2) is 4.98 Å². The zero-order valence-electron chi connectivity index (χ0n) is 9.19. The van der Waals surface area contributed by atoms with Crippen molar-refractivity contribution in [2.45, 2.75) is 38.8 Å².